The van der Waals surface area contributed by atoms with Crippen LogP contribution in [-0.4, -0.2) is 17.9 Å². The van der Waals surface area contributed by atoms with Gasteiger partial charge in [-0.3, -0.25) is 0 Å². The molecule has 0 aliphatic heterocycles. The predicted molar refractivity (Wildman–Crippen MR) is 81.4 cm³/mol. The Bertz CT molecular complexity index is 559. The molecule has 0 spiro atoms. The van der Waals surface area contributed by atoms with Crippen LogP contribution in [0, 0.1) is 5.82 Å². The van der Waals surface area contributed by atoms with Crippen molar-refractivity contribution in [3.63, 3.8) is 0 Å². The van der Waals surface area contributed by atoms with E-state index in [1.165, 1.54) is 6.07 Å². The Hall–Kier alpha value is -1.36. The van der Waals surface area contributed by atoms with Crippen molar-refractivity contribution in [1.29, 1.82) is 0 Å². The Morgan fingerprint density at radius 3 is 2.35 bits per heavy atom. The summed E-state index contributed by atoms with van der Waals surface area (Å²) >= 11 is 1.64. The Morgan fingerprint density at radius 1 is 1.15 bits per heavy atom. The molecular weight excluding hydrogens is 273 g/mol. The maximum atomic E-state index is 13.9. The molecule has 2 aromatic rings. The van der Waals surface area contributed by atoms with Gasteiger partial charge in [0.2, 0.25) is 0 Å². The van der Waals surface area contributed by atoms with E-state index in [4.69, 9.17) is 5.73 Å². The van der Waals surface area contributed by atoms with E-state index in [2.05, 4.69) is 0 Å². The number of thioether (sulfide) groups is 1. The molecule has 0 fully saturated rings. The molecule has 0 saturated carbocycles. The van der Waals surface area contributed by atoms with Gasteiger partial charge in [0.05, 0.1) is 6.10 Å². The predicted octanol–water partition coefficient (Wildman–Crippen LogP) is 3.32. The number of rotatable bonds is 5. The van der Waals surface area contributed by atoms with Gasteiger partial charge in [-0.25, -0.2) is 4.39 Å². The number of hydrogen-bond donors (Lipinski definition) is 2. The van der Waals surface area contributed by atoms with E-state index >= 15 is 0 Å². The van der Waals surface area contributed by atoms with E-state index in [-0.39, 0.29) is 12.4 Å². The molecule has 0 saturated heterocycles. The van der Waals surface area contributed by atoms with Crippen molar-refractivity contribution < 1.29 is 9.50 Å². The van der Waals surface area contributed by atoms with Crippen LogP contribution in [0.15, 0.2) is 53.4 Å². The molecule has 0 radical (unpaired) electrons. The lowest BCUT2D eigenvalue weighted by Gasteiger charge is -2.23. The van der Waals surface area contributed by atoms with Crippen LogP contribution in [0.3, 0.4) is 0 Å². The minimum absolute atomic E-state index is 0.187. The van der Waals surface area contributed by atoms with Crippen LogP contribution < -0.4 is 5.73 Å². The molecule has 4 heteroatoms. The number of nitrogens with two attached hydrogens (primary N) is 1. The van der Waals surface area contributed by atoms with Crippen LogP contribution in [0.1, 0.15) is 23.1 Å². The highest BCUT2D eigenvalue weighted by Gasteiger charge is 2.23. The van der Waals surface area contributed by atoms with Gasteiger partial charge in [0, 0.05) is 17.4 Å². The zero-order valence-electron chi connectivity index (χ0n) is 11.3. The van der Waals surface area contributed by atoms with Crippen molar-refractivity contribution in [3.8, 4) is 0 Å². The zero-order valence-corrected chi connectivity index (χ0v) is 12.1. The minimum atomic E-state index is -0.812. The van der Waals surface area contributed by atoms with Crippen LogP contribution in [-0.2, 0) is 0 Å². The third kappa shape index (κ3) is 3.20. The van der Waals surface area contributed by atoms with Crippen LogP contribution in [0.25, 0.3) is 0 Å². The van der Waals surface area contributed by atoms with E-state index in [0.717, 1.165) is 10.5 Å². The number of aliphatic hydroxyl groups is 1. The van der Waals surface area contributed by atoms with Crippen molar-refractivity contribution in [1.82, 2.24) is 0 Å². The van der Waals surface area contributed by atoms with Crippen LogP contribution in [0.4, 0.5) is 4.39 Å². The van der Waals surface area contributed by atoms with Crippen molar-refractivity contribution >= 4 is 11.8 Å². The SMILES string of the molecule is CSc1ccc(C(O)C(CN)c2ccccc2F)cc1. The van der Waals surface area contributed by atoms with Gasteiger partial charge in [-0.2, -0.15) is 0 Å². The van der Waals surface area contributed by atoms with E-state index in [9.17, 15) is 9.50 Å². The first kappa shape index (κ1) is 15.0. The maximum absolute atomic E-state index is 13.9. The second-order valence-electron chi connectivity index (χ2n) is 4.58. The fourth-order valence-electron chi connectivity index (χ4n) is 2.24. The highest BCUT2D eigenvalue weighted by Crippen LogP contribution is 2.32. The lowest BCUT2D eigenvalue weighted by Crippen LogP contribution is -2.21. The van der Waals surface area contributed by atoms with Crippen LogP contribution in [0.5, 0.6) is 0 Å². The van der Waals surface area contributed by atoms with Gasteiger partial charge < -0.3 is 10.8 Å². The van der Waals surface area contributed by atoms with Crippen molar-refractivity contribution in [2.75, 3.05) is 12.8 Å². The van der Waals surface area contributed by atoms with Gasteiger partial charge >= 0.3 is 0 Å². The first-order valence-electron chi connectivity index (χ1n) is 6.44. The normalized spacial score (nSPS) is 14.0. The average Bonchev–Trinajstić information content (AvgIpc) is 2.50. The van der Waals surface area contributed by atoms with Crippen LogP contribution in [0.2, 0.25) is 0 Å². The number of halogens is 1. The smallest absolute Gasteiger partial charge is 0.126 e. The summed E-state index contributed by atoms with van der Waals surface area (Å²) in [5, 5.41) is 10.5. The molecule has 0 bridgehead atoms. The van der Waals surface area contributed by atoms with Gasteiger partial charge in [0.25, 0.3) is 0 Å². The van der Waals surface area contributed by atoms with Gasteiger partial charge in [-0.15, -0.1) is 11.8 Å². The average molecular weight is 291 g/mol. The summed E-state index contributed by atoms with van der Waals surface area (Å²) in [5.41, 5.74) is 6.94. The van der Waals surface area contributed by atoms with Gasteiger partial charge in [-0.1, -0.05) is 30.3 Å². The fraction of sp³-hybridized carbons (Fsp3) is 0.250. The molecule has 2 atom stereocenters. The number of hydrogen-bond acceptors (Lipinski definition) is 3. The summed E-state index contributed by atoms with van der Waals surface area (Å²) in [5.74, 6) is -0.779. The molecule has 0 aliphatic rings. The molecule has 2 nitrogen and oxygen atoms in total. The first-order valence-corrected chi connectivity index (χ1v) is 7.66. The Labute approximate surface area is 122 Å². The highest BCUT2D eigenvalue weighted by atomic mass is 32.2. The largest absolute Gasteiger partial charge is 0.388 e. The van der Waals surface area contributed by atoms with Crippen LogP contribution >= 0.6 is 11.8 Å². The summed E-state index contributed by atoms with van der Waals surface area (Å²) in [7, 11) is 0. The van der Waals surface area contributed by atoms with Crippen molar-refractivity contribution in [2.45, 2.75) is 16.9 Å². The second kappa shape index (κ2) is 6.88. The molecule has 2 unspecified atom stereocenters. The molecule has 20 heavy (non-hydrogen) atoms. The molecule has 2 rings (SSSR count). The van der Waals surface area contributed by atoms with E-state index in [1.54, 1.807) is 30.0 Å². The van der Waals surface area contributed by atoms with Gasteiger partial charge in [-0.05, 0) is 35.6 Å². The number of benzene rings is 2. The fourth-order valence-corrected chi connectivity index (χ4v) is 2.64. The Kier molecular flexibility index (Phi) is 5.17. The highest BCUT2D eigenvalue weighted by molar-refractivity contribution is 7.98. The quantitative estimate of drug-likeness (QED) is 0.831. The molecule has 0 amide bonds. The van der Waals surface area contributed by atoms with Gasteiger partial charge in [0.15, 0.2) is 0 Å². The third-order valence-corrected chi connectivity index (χ3v) is 4.14. The molecule has 3 N–H and O–H groups in total. The van der Waals surface area contributed by atoms with E-state index in [1.807, 2.05) is 30.5 Å². The lowest BCUT2D eigenvalue weighted by molar-refractivity contribution is 0.145. The molecule has 0 aromatic heterocycles. The Morgan fingerprint density at radius 2 is 1.80 bits per heavy atom. The third-order valence-electron chi connectivity index (χ3n) is 3.40. The van der Waals surface area contributed by atoms with Gasteiger partial charge in [0.1, 0.15) is 5.82 Å². The zero-order chi connectivity index (χ0) is 14.5. The van der Waals surface area contributed by atoms with E-state index in [0.29, 0.717) is 5.56 Å². The first-order chi connectivity index (χ1) is 9.67. The molecule has 2 aromatic carbocycles. The standard InChI is InChI=1S/C16H18FNOS/c1-20-12-8-6-11(7-9-12)16(19)14(10-18)13-4-2-3-5-15(13)17/h2-9,14,16,19H,10,18H2,1H3. The summed E-state index contributed by atoms with van der Waals surface area (Å²) in [6.45, 7) is 0.187. The number of aliphatic hydroxyl groups excluding tert-OH is 1. The topological polar surface area (TPSA) is 46.2 Å². The summed E-state index contributed by atoms with van der Waals surface area (Å²) in [6, 6.07) is 14.1. The molecule has 0 aliphatic carbocycles. The summed E-state index contributed by atoms with van der Waals surface area (Å²) in [4.78, 5) is 1.12. The molecule has 0 heterocycles. The minimum Gasteiger partial charge on any atom is -0.388 e. The summed E-state index contributed by atoms with van der Waals surface area (Å²) in [6.07, 6.45) is 1.18. The monoisotopic (exact) mass is 291 g/mol. The lowest BCUT2D eigenvalue weighted by atomic mass is 9.89. The second-order valence-corrected chi connectivity index (χ2v) is 5.46. The Balaban J connectivity index is 2.28. The summed E-state index contributed by atoms with van der Waals surface area (Å²) < 4.78 is 13.9. The van der Waals surface area contributed by atoms with Crippen molar-refractivity contribution in [2.24, 2.45) is 5.73 Å². The maximum Gasteiger partial charge on any atom is 0.126 e. The van der Waals surface area contributed by atoms with E-state index < -0.39 is 12.0 Å². The van der Waals surface area contributed by atoms with Crippen molar-refractivity contribution in [3.05, 3.63) is 65.5 Å². The molecule has 106 valence electrons. The molecular formula is C16H18FNOS.